The fourth-order valence-corrected chi connectivity index (χ4v) is 1.48. The number of nitrogens with one attached hydrogen (secondary N) is 1. The highest BCUT2D eigenvalue weighted by Gasteiger charge is 2.11. The van der Waals surface area contributed by atoms with Crippen LogP contribution >= 0.6 is 0 Å². The van der Waals surface area contributed by atoms with Crippen molar-refractivity contribution in [1.82, 2.24) is 5.32 Å². The van der Waals surface area contributed by atoms with Gasteiger partial charge in [0.2, 0.25) is 5.91 Å². The van der Waals surface area contributed by atoms with Crippen molar-refractivity contribution in [2.75, 3.05) is 0 Å². The predicted molar refractivity (Wildman–Crippen MR) is 59.9 cm³/mol. The molecular weight excluding hydrogens is 176 g/mol. The molecular formula is C11H24N2O. The number of carbonyl (C=O) groups excluding carboxylic acids is 1. The van der Waals surface area contributed by atoms with Crippen LogP contribution in [0.1, 0.15) is 47.0 Å². The molecule has 0 aromatic rings. The van der Waals surface area contributed by atoms with Gasteiger partial charge >= 0.3 is 0 Å². The molecule has 0 saturated carbocycles. The van der Waals surface area contributed by atoms with Crippen LogP contribution in [0.5, 0.6) is 0 Å². The van der Waals surface area contributed by atoms with Crippen molar-refractivity contribution < 1.29 is 4.79 Å². The van der Waals surface area contributed by atoms with Gasteiger partial charge in [0, 0.05) is 18.5 Å². The third-order valence-corrected chi connectivity index (χ3v) is 2.20. The maximum atomic E-state index is 11.4. The van der Waals surface area contributed by atoms with E-state index in [1.807, 2.05) is 13.8 Å². The zero-order valence-electron chi connectivity index (χ0n) is 9.84. The predicted octanol–water partition coefficient (Wildman–Crippen LogP) is 1.66. The molecule has 3 heteroatoms. The third-order valence-electron chi connectivity index (χ3n) is 2.20. The Kier molecular flexibility index (Phi) is 6.54. The molecule has 0 aliphatic heterocycles. The average Bonchev–Trinajstić information content (AvgIpc) is 2.01. The molecule has 1 amide bonds. The lowest BCUT2D eigenvalue weighted by Crippen LogP contribution is -2.37. The van der Waals surface area contributed by atoms with E-state index in [-0.39, 0.29) is 18.0 Å². The first-order valence-electron chi connectivity index (χ1n) is 5.50. The second-order valence-electron chi connectivity index (χ2n) is 4.47. The Morgan fingerprint density at radius 1 is 1.36 bits per heavy atom. The lowest BCUT2D eigenvalue weighted by Gasteiger charge is -2.17. The van der Waals surface area contributed by atoms with E-state index >= 15 is 0 Å². The molecule has 0 bridgehead atoms. The zero-order valence-corrected chi connectivity index (χ0v) is 9.84. The van der Waals surface area contributed by atoms with Crippen LogP contribution in [-0.2, 0) is 4.79 Å². The molecule has 0 spiro atoms. The van der Waals surface area contributed by atoms with Gasteiger partial charge in [0.25, 0.3) is 0 Å². The van der Waals surface area contributed by atoms with Gasteiger partial charge in [0.1, 0.15) is 0 Å². The molecule has 0 aliphatic carbocycles. The Balaban J connectivity index is 3.71. The molecule has 0 saturated heterocycles. The minimum Gasteiger partial charge on any atom is -0.354 e. The summed E-state index contributed by atoms with van der Waals surface area (Å²) in [6.07, 6.45) is 2.32. The summed E-state index contributed by atoms with van der Waals surface area (Å²) in [4.78, 5) is 11.4. The van der Waals surface area contributed by atoms with Gasteiger partial charge in [-0.25, -0.2) is 0 Å². The van der Waals surface area contributed by atoms with Gasteiger partial charge in [-0.2, -0.15) is 0 Å². The van der Waals surface area contributed by atoms with Crippen molar-refractivity contribution in [3.63, 3.8) is 0 Å². The van der Waals surface area contributed by atoms with Gasteiger partial charge in [0.05, 0.1) is 0 Å². The standard InChI is InChI=1S/C11H24N2O/c1-5-10(12)7-11(14)13-9(4)6-8(2)3/h8-10H,5-7,12H2,1-4H3,(H,13,14). The quantitative estimate of drug-likeness (QED) is 0.685. The Morgan fingerprint density at radius 3 is 2.36 bits per heavy atom. The maximum Gasteiger partial charge on any atom is 0.221 e. The summed E-state index contributed by atoms with van der Waals surface area (Å²) in [5.41, 5.74) is 5.69. The smallest absolute Gasteiger partial charge is 0.221 e. The van der Waals surface area contributed by atoms with Crippen LogP contribution in [0.25, 0.3) is 0 Å². The Labute approximate surface area is 87.4 Å². The SMILES string of the molecule is CCC(N)CC(=O)NC(C)CC(C)C. The van der Waals surface area contributed by atoms with Crippen LogP contribution in [-0.4, -0.2) is 18.0 Å². The normalized spacial score (nSPS) is 15.3. The fourth-order valence-electron chi connectivity index (χ4n) is 1.48. The van der Waals surface area contributed by atoms with E-state index in [4.69, 9.17) is 5.73 Å². The van der Waals surface area contributed by atoms with Crippen molar-refractivity contribution in [2.45, 2.75) is 59.0 Å². The van der Waals surface area contributed by atoms with Crippen LogP contribution in [0.15, 0.2) is 0 Å². The molecule has 0 rings (SSSR count). The summed E-state index contributed by atoms with van der Waals surface area (Å²) in [7, 11) is 0. The monoisotopic (exact) mass is 200 g/mol. The second-order valence-corrected chi connectivity index (χ2v) is 4.47. The van der Waals surface area contributed by atoms with Crippen LogP contribution in [0.3, 0.4) is 0 Å². The first-order valence-corrected chi connectivity index (χ1v) is 5.50. The largest absolute Gasteiger partial charge is 0.354 e. The summed E-state index contributed by atoms with van der Waals surface area (Å²) < 4.78 is 0. The van der Waals surface area contributed by atoms with Crippen LogP contribution in [0, 0.1) is 5.92 Å². The van der Waals surface area contributed by atoms with E-state index in [2.05, 4.69) is 19.2 Å². The molecule has 84 valence electrons. The third kappa shape index (κ3) is 6.89. The van der Waals surface area contributed by atoms with E-state index in [0.29, 0.717) is 12.3 Å². The van der Waals surface area contributed by atoms with Crippen molar-refractivity contribution in [3.8, 4) is 0 Å². The Bertz CT molecular complexity index is 169. The topological polar surface area (TPSA) is 55.1 Å². The molecule has 3 nitrogen and oxygen atoms in total. The molecule has 0 fully saturated rings. The van der Waals surface area contributed by atoms with Gasteiger partial charge in [-0.05, 0) is 25.7 Å². The van der Waals surface area contributed by atoms with Crippen LogP contribution in [0.2, 0.25) is 0 Å². The van der Waals surface area contributed by atoms with E-state index in [1.54, 1.807) is 0 Å². The molecule has 0 heterocycles. The molecule has 0 aromatic heterocycles. The molecule has 3 N–H and O–H groups in total. The van der Waals surface area contributed by atoms with E-state index in [1.165, 1.54) is 0 Å². The number of rotatable bonds is 6. The van der Waals surface area contributed by atoms with Gasteiger partial charge in [0.15, 0.2) is 0 Å². The minimum atomic E-state index is 0.00116. The molecule has 0 aromatic carbocycles. The molecule has 2 unspecified atom stereocenters. The van der Waals surface area contributed by atoms with E-state index in [0.717, 1.165) is 12.8 Å². The van der Waals surface area contributed by atoms with Crippen LogP contribution in [0.4, 0.5) is 0 Å². The first kappa shape index (κ1) is 13.4. The molecule has 14 heavy (non-hydrogen) atoms. The van der Waals surface area contributed by atoms with Crippen molar-refractivity contribution >= 4 is 5.91 Å². The van der Waals surface area contributed by atoms with Gasteiger partial charge in [-0.3, -0.25) is 4.79 Å². The summed E-state index contributed by atoms with van der Waals surface area (Å²) in [5.74, 6) is 0.692. The summed E-state index contributed by atoms with van der Waals surface area (Å²) in [6, 6.07) is 0.257. The minimum absolute atomic E-state index is 0.00116. The highest BCUT2D eigenvalue weighted by Crippen LogP contribution is 2.04. The average molecular weight is 200 g/mol. The van der Waals surface area contributed by atoms with Crippen molar-refractivity contribution in [1.29, 1.82) is 0 Å². The Morgan fingerprint density at radius 2 is 1.93 bits per heavy atom. The van der Waals surface area contributed by atoms with Crippen molar-refractivity contribution in [3.05, 3.63) is 0 Å². The van der Waals surface area contributed by atoms with Crippen LogP contribution < -0.4 is 11.1 Å². The molecule has 0 aliphatic rings. The second kappa shape index (κ2) is 6.82. The summed E-state index contributed by atoms with van der Waals surface area (Å²) in [5, 5.41) is 2.96. The van der Waals surface area contributed by atoms with Crippen molar-refractivity contribution in [2.24, 2.45) is 11.7 Å². The fraction of sp³-hybridized carbons (Fsp3) is 0.909. The lowest BCUT2D eigenvalue weighted by molar-refractivity contribution is -0.122. The first-order chi connectivity index (χ1) is 6.45. The lowest BCUT2D eigenvalue weighted by atomic mass is 10.0. The highest BCUT2D eigenvalue weighted by atomic mass is 16.1. The Hall–Kier alpha value is -0.570. The van der Waals surface area contributed by atoms with Gasteiger partial charge < -0.3 is 11.1 Å². The maximum absolute atomic E-state index is 11.4. The molecule has 2 atom stereocenters. The van der Waals surface area contributed by atoms with Gasteiger partial charge in [-0.15, -0.1) is 0 Å². The number of nitrogens with two attached hydrogens (primary N) is 1. The number of hydrogen-bond acceptors (Lipinski definition) is 2. The molecule has 0 radical (unpaired) electrons. The van der Waals surface area contributed by atoms with Gasteiger partial charge in [-0.1, -0.05) is 20.8 Å². The summed E-state index contributed by atoms with van der Waals surface area (Å²) >= 11 is 0. The summed E-state index contributed by atoms with van der Waals surface area (Å²) in [6.45, 7) is 8.34. The zero-order chi connectivity index (χ0) is 11.1. The number of carbonyl (C=O) groups is 1. The number of hydrogen-bond donors (Lipinski definition) is 2. The highest BCUT2D eigenvalue weighted by molar-refractivity contribution is 5.76. The number of amides is 1. The van der Waals surface area contributed by atoms with E-state index in [9.17, 15) is 4.79 Å². The van der Waals surface area contributed by atoms with E-state index < -0.39 is 0 Å².